The number of unbranched alkanes of at least 4 members (excludes halogenated alkanes) is 1. The molecule has 3 aliphatic rings. The second kappa shape index (κ2) is 19.1. The highest BCUT2D eigenvalue weighted by atomic mass is 127. The van der Waals surface area contributed by atoms with Crippen LogP contribution in [0.4, 0.5) is 0 Å². The molecule has 47 heavy (non-hydrogen) atoms. The maximum absolute atomic E-state index is 11.0. The smallest absolute Gasteiger partial charge is 0.303 e. The van der Waals surface area contributed by atoms with E-state index < -0.39 is 14.3 Å². The summed E-state index contributed by atoms with van der Waals surface area (Å²) in [6, 6.07) is 4.45. The zero-order chi connectivity index (χ0) is 33.9. The molecule has 1 aliphatic carbocycles. The fourth-order valence-electron chi connectivity index (χ4n) is 6.50. The third kappa shape index (κ3) is 12.9. The molecular weight excluding hydrogens is 743 g/mol. The summed E-state index contributed by atoms with van der Waals surface area (Å²) in [6.45, 7) is 13.1. The molecule has 266 valence electrons. The van der Waals surface area contributed by atoms with Crippen LogP contribution in [0, 0.1) is 14.7 Å². The summed E-state index contributed by atoms with van der Waals surface area (Å²) in [6.07, 6.45) is 20.2. The van der Waals surface area contributed by atoms with E-state index in [1.54, 1.807) is 0 Å². The molecule has 4 rings (SSSR count). The predicted octanol–water partition coefficient (Wildman–Crippen LogP) is 9.89. The van der Waals surface area contributed by atoms with Gasteiger partial charge in [0.1, 0.15) is 0 Å². The first-order valence-electron chi connectivity index (χ1n) is 17.9. The topological polar surface area (TPSA) is 83.5 Å². The lowest BCUT2D eigenvalue weighted by atomic mass is 9.89. The first-order valence-corrected chi connectivity index (χ1v) is 22.7. The average Bonchev–Trinajstić information content (AvgIpc) is 3.58. The second-order valence-corrected chi connectivity index (χ2v) is 22.8. The molecule has 7 nitrogen and oxygen atoms in total. The Hall–Kier alpha value is -0.603. The van der Waals surface area contributed by atoms with Crippen LogP contribution >= 0.6 is 33.9 Å². The molecule has 2 saturated heterocycles. The minimum Gasteiger partial charge on any atom is -0.481 e. The van der Waals surface area contributed by atoms with Gasteiger partial charge in [-0.15, -0.1) is 11.3 Å². The average molecular weight is 803 g/mol. The number of aliphatic carboxylic acids is 1. The Bertz CT molecular complexity index is 1140. The molecule has 3 heterocycles. The Balaban J connectivity index is 1.58. The minimum absolute atomic E-state index is 0.00189. The lowest BCUT2D eigenvalue weighted by Crippen LogP contribution is -2.43. The van der Waals surface area contributed by atoms with Crippen LogP contribution in [0.3, 0.4) is 0 Å². The van der Waals surface area contributed by atoms with Gasteiger partial charge in [0.15, 0.2) is 20.9 Å². The molecule has 1 saturated carbocycles. The van der Waals surface area contributed by atoms with Crippen LogP contribution in [0.5, 0.6) is 0 Å². The highest BCUT2D eigenvalue weighted by molar-refractivity contribution is 14.1. The molecule has 7 atom stereocenters. The number of carbonyl (C=O) groups is 1. The van der Waals surface area contributed by atoms with Crippen molar-refractivity contribution >= 4 is 48.2 Å². The summed E-state index contributed by atoms with van der Waals surface area (Å²) in [5.74, 6) is -0.409. The fraction of sp³-hybridized carbons (Fsp3) is 0.757. The first kappa shape index (κ1) is 39.2. The van der Waals surface area contributed by atoms with E-state index in [9.17, 15) is 4.79 Å². The van der Waals surface area contributed by atoms with E-state index in [0.717, 1.165) is 83.8 Å². The summed E-state index contributed by atoms with van der Waals surface area (Å²) in [5.41, 5.74) is 0. The Morgan fingerprint density at radius 3 is 2.32 bits per heavy atom. The van der Waals surface area contributed by atoms with Gasteiger partial charge in [0.25, 0.3) is 0 Å². The number of thiophene rings is 1. The standard InChI is InChI=1S/C37H59IO7SSi/c1-37(2,3)47(4,5)45-27(18-20-28-21-23-33(38)46-28)19-22-30-29(14-8-6-7-9-15-34(39)40)31(43-35-16-10-12-24-41-35)26-32(30)44-36-17-11-13-25-42-36/h6,8,19,21-23,27,29-32,35-36H,7,9-18,20,24-26H2,1-5H3,(H,39,40)/t27-,29+,30+,31-,32+,35?,36?/m0/s1. The number of halogens is 1. The summed E-state index contributed by atoms with van der Waals surface area (Å²) in [4.78, 5) is 12.4. The van der Waals surface area contributed by atoms with Crippen molar-refractivity contribution in [3.05, 3.63) is 44.2 Å². The van der Waals surface area contributed by atoms with E-state index >= 15 is 0 Å². The number of ether oxygens (including phenoxy) is 4. The number of carboxylic acid groups (broad SMARTS) is 1. The minimum atomic E-state index is -2.03. The highest BCUT2D eigenvalue weighted by Crippen LogP contribution is 2.43. The Labute approximate surface area is 302 Å². The van der Waals surface area contributed by atoms with E-state index in [1.165, 1.54) is 7.76 Å². The number of carboxylic acids is 1. The zero-order valence-corrected chi connectivity index (χ0v) is 33.3. The van der Waals surface area contributed by atoms with Crippen molar-refractivity contribution < 1.29 is 33.3 Å². The Morgan fingerprint density at radius 1 is 1.06 bits per heavy atom. The molecule has 2 aliphatic heterocycles. The third-order valence-electron chi connectivity index (χ3n) is 10.2. The van der Waals surface area contributed by atoms with Crippen LogP contribution in [0.1, 0.15) is 103 Å². The van der Waals surface area contributed by atoms with E-state index in [2.05, 4.69) is 92.9 Å². The summed E-state index contributed by atoms with van der Waals surface area (Å²) < 4.78 is 34.1. The normalized spacial score (nSPS) is 28.4. The molecule has 3 fully saturated rings. The van der Waals surface area contributed by atoms with Crippen molar-refractivity contribution in [2.24, 2.45) is 11.8 Å². The monoisotopic (exact) mass is 802 g/mol. The van der Waals surface area contributed by atoms with Crippen molar-refractivity contribution in [2.75, 3.05) is 13.2 Å². The van der Waals surface area contributed by atoms with Gasteiger partial charge in [0.05, 0.1) is 21.2 Å². The van der Waals surface area contributed by atoms with Gasteiger partial charge in [-0.2, -0.15) is 0 Å². The first-order chi connectivity index (χ1) is 22.4. The maximum Gasteiger partial charge on any atom is 0.303 e. The van der Waals surface area contributed by atoms with Crippen LogP contribution in [-0.2, 0) is 34.6 Å². The van der Waals surface area contributed by atoms with Gasteiger partial charge in [-0.3, -0.25) is 4.79 Å². The highest BCUT2D eigenvalue weighted by Gasteiger charge is 2.45. The van der Waals surface area contributed by atoms with E-state index in [0.29, 0.717) is 6.42 Å². The molecule has 2 unspecified atom stereocenters. The molecule has 10 heteroatoms. The predicted molar refractivity (Wildman–Crippen MR) is 200 cm³/mol. The molecule has 1 aromatic rings. The summed E-state index contributed by atoms with van der Waals surface area (Å²) >= 11 is 4.27. The Morgan fingerprint density at radius 2 is 1.74 bits per heavy atom. The lowest BCUT2D eigenvalue weighted by molar-refractivity contribution is -0.203. The zero-order valence-electron chi connectivity index (χ0n) is 29.3. The maximum atomic E-state index is 11.0. The molecule has 1 N–H and O–H groups in total. The Kier molecular flexibility index (Phi) is 15.9. The number of hydrogen-bond donors (Lipinski definition) is 1. The number of allylic oxidation sites excluding steroid dienone is 2. The van der Waals surface area contributed by atoms with Gasteiger partial charge in [-0.25, -0.2) is 0 Å². The van der Waals surface area contributed by atoms with Crippen LogP contribution < -0.4 is 0 Å². The number of hydrogen-bond acceptors (Lipinski definition) is 7. The summed E-state index contributed by atoms with van der Waals surface area (Å²) in [5, 5.41) is 9.18. The molecule has 0 bridgehead atoms. The SMILES string of the molecule is CC(C)(C)[Si](C)(C)O[C@H](C=C[C@@H]1[C@@H](CC=CCCCC(=O)O)[C@@H](OC2CCCCO2)C[C@H]1OC1CCCCO1)CCc1ccc(I)s1. The van der Waals surface area contributed by atoms with Gasteiger partial charge < -0.3 is 28.5 Å². The summed E-state index contributed by atoms with van der Waals surface area (Å²) in [7, 11) is -2.03. The molecular formula is C37H59IO7SSi. The van der Waals surface area contributed by atoms with Gasteiger partial charge in [0.2, 0.25) is 0 Å². The van der Waals surface area contributed by atoms with E-state index in [4.69, 9.17) is 28.5 Å². The van der Waals surface area contributed by atoms with Crippen LogP contribution in [0.15, 0.2) is 36.4 Å². The van der Waals surface area contributed by atoms with Gasteiger partial charge in [-0.05, 0) is 129 Å². The van der Waals surface area contributed by atoms with Gasteiger partial charge in [0, 0.05) is 36.9 Å². The molecule has 0 amide bonds. The third-order valence-corrected chi connectivity index (χ3v) is 16.7. The van der Waals surface area contributed by atoms with Gasteiger partial charge >= 0.3 is 5.97 Å². The van der Waals surface area contributed by atoms with Gasteiger partial charge in [-0.1, -0.05) is 45.1 Å². The van der Waals surface area contributed by atoms with E-state index in [1.807, 2.05) is 11.3 Å². The molecule has 0 aromatic carbocycles. The van der Waals surface area contributed by atoms with Crippen molar-refractivity contribution in [1.82, 2.24) is 0 Å². The second-order valence-electron chi connectivity index (χ2n) is 15.0. The molecule has 0 spiro atoms. The molecule has 1 aromatic heterocycles. The van der Waals surface area contributed by atoms with Crippen molar-refractivity contribution in [3.8, 4) is 0 Å². The van der Waals surface area contributed by atoms with Crippen LogP contribution in [0.2, 0.25) is 18.1 Å². The fourth-order valence-corrected chi connectivity index (χ4v) is 9.58. The van der Waals surface area contributed by atoms with E-state index in [-0.39, 0.29) is 54.2 Å². The van der Waals surface area contributed by atoms with Crippen LogP contribution in [-0.4, -0.2) is 63.5 Å². The largest absolute Gasteiger partial charge is 0.481 e. The number of rotatable bonds is 17. The lowest BCUT2D eigenvalue weighted by Gasteiger charge is -2.39. The van der Waals surface area contributed by atoms with Crippen molar-refractivity contribution in [2.45, 2.75) is 153 Å². The van der Waals surface area contributed by atoms with Crippen molar-refractivity contribution in [1.29, 1.82) is 0 Å². The van der Waals surface area contributed by atoms with Crippen molar-refractivity contribution in [3.63, 3.8) is 0 Å². The number of aryl methyl sites for hydroxylation is 1. The van der Waals surface area contributed by atoms with Crippen LogP contribution in [0.25, 0.3) is 0 Å². The molecule has 0 radical (unpaired) electrons. The quantitative estimate of drug-likeness (QED) is 0.0727.